The lowest BCUT2D eigenvalue weighted by Crippen LogP contribution is -2.30. The van der Waals surface area contributed by atoms with Crippen molar-refractivity contribution in [2.24, 2.45) is 0 Å². The van der Waals surface area contributed by atoms with E-state index in [2.05, 4.69) is 0 Å². The van der Waals surface area contributed by atoms with Crippen molar-refractivity contribution in [2.45, 2.75) is 26.5 Å². The Kier molecular flexibility index (Phi) is 7.36. The van der Waals surface area contributed by atoms with Crippen LogP contribution in [0.5, 0.6) is 5.75 Å². The van der Waals surface area contributed by atoms with Gasteiger partial charge in [0.05, 0.1) is 17.8 Å². The summed E-state index contributed by atoms with van der Waals surface area (Å²) in [5.74, 6) is 0.122. The smallest absolute Gasteiger partial charge is 0.232 e. The zero-order chi connectivity index (χ0) is 22.4. The van der Waals surface area contributed by atoms with E-state index in [1.165, 1.54) is 4.31 Å². The Balaban J connectivity index is 2.10. The molecule has 0 aromatic heterocycles. The zero-order valence-corrected chi connectivity index (χ0v) is 19.0. The fourth-order valence-corrected chi connectivity index (χ4v) is 4.46. The topological polar surface area (TPSA) is 63.7 Å². The number of nitrogens with zero attached hydrogens (tertiary/aromatic N) is 1. The molecule has 3 rings (SSSR count). The maximum Gasteiger partial charge on any atom is 0.232 e. The van der Waals surface area contributed by atoms with E-state index in [-0.39, 0.29) is 41.6 Å². The Morgan fingerprint density at radius 3 is 2.06 bits per heavy atom. The van der Waals surface area contributed by atoms with Gasteiger partial charge >= 0.3 is 0 Å². The Hall–Kier alpha value is -2.83. The first-order chi connectivity index (χ1) is 14.8. The zero-order valence-electron chi connectivity index (χ0n) is 17.4. The monoisotopic (exact) mass is 457 g/mol. The summed E-state index contributed by atoms with van der Waals surface area (Å²) in [6, 6.07) is 21.9. The van der Waals surface area contributed by atoms with Crippen LogP contribution < -0.4 is 9.04 Å². The Bertz CT molecular complexity index is 1150. The molecule has 0 saturated heterocycles. The van der Waals surface area contributed by atoms with Gasteiger partial charge in [0.15, 0.2) is 5.78 Å². The van der Waals surface area contributed by atoms with Crippen molar-refractivity contribution in [1.82, 2.24) is 0 Å². The van der Waals surface area contributed by atoms with E-state index in [0.29, 0.717) is 5.75 Å². The van der Waals surface area contributed by atoms with Gasteiger partial charge in [-0.1, -0.05) is 79.2 Å². The van der Waals surface area contributed by atoms with Gasteiger partial charge in [-0.05, 0) is 23.3 Å². The molecular weight excluding hydrogens is 434 g/mol. The van der Waals surface area contributed by atoms with Gasteiger partial charge in [0.25, 0.3) is 0 Å². The normalized spacial score (nSPS) is 11.2. The maximum absolute atomic E-state index is 12.8. The summed E-state index contributed by atoms with van der Waals surface area (Å²) in [5, 5.41) is 0.0683. The number of sulfonamides is 1. The summed E-state index contributed by atoms with van der Waals surface area (Å²) in [4.78, 5) is 12.4. The van der Waals surface area contributed by atoms with E-state index in [4.69, 9.17) is 16.3 Å². The van der Waals surface area contributed by atoms with Crippen molar-refractivity contribution in [3.05, 3.63) is 94.5 Å². The fraction of sp³-hybridized carbons (Fsp3) is 0.208. The second-order valence-corrected chi connectivity index (χ2v) is 9.36. The average Bonchev–Trinajstić information content (AvgIpc) is 2.76. The van der Waals surface area contributed by atoms with Gasteiger partial charge in [-0.25, -0.2) is 8.42 Å². The number of carbonyl (C=O) groups is 1. The second-order valence-electron chi connectivity index (χ2n) is 7.08. The number of ketones is 1. The Morgan fingerprint density at radius 2 is 1.52 bits per heavy atom. The molecule has 31 heavy (non-hydrogen) atoms. The largest absolute Gasteiger partial charge is 0.487 e. The third kappa shape index (κ3) is 5.66. The third-order valence-electron chi connectivity index (χ3n) is 4.76. The van der Waals surface area contributed by atoms with Crippen molar-refractivity contribution in [1.29, 1.82) is 0 Å². The molecule has 0 fully saturated rings. The van der Waals surface area contributed by atoms with Crippen LogP contribution in [0.25, 0.3) is 0 Å². The van der Waals surface area contributed by atoms with E-state index >= 15 is 0 Å². The van der Waals surface area contributed by atoms with E-state index in [9.17, 15) is 13.2 Å². The molecular formula is C24H24ClNO4S. The van der Waals surface area contributed by atoms with Gasteiger partial charge in [-0.3, -0.25) is 9.10 Å². The summed E-state index contributed by atoms with van der Waals surface area (Å²) >= 11 is 6.63. The van der Waals surface area contributed by atoms with Crippen LogP contribution in [-0.2, 0) is 23.2 Å². The number of Topliss-reactive ketones (excluding diaryl/α,β-unsaturated/α-hetero) is 1. The lowest BCUT2D eigenvalue weighted by molar-refractivity contribution is 0.0988. The summed E-state index contributed by atoms with van der Waals surface area (Å²) in [5.41, 5.74) is 2.15. The molecule has 0 aliphatic rings. The highest BCUT2D eigenvalue weighted by molar-refractivity contribution is 7.92. The highest BCUT2D eigenvalue weighted by Gasteiger charge is 2.27. The molecule has 3 aromatic carbocycles. The minimum atomic E-state index is -3.74. The summed E-state index contributed by atoms with van der Waals surface area (Å²) in [7, 11) is -3.74. The highest BCUT2D eigenvalue weighted by atomic mass is 35.5. The van der Waals surface area contributed by atoms with Crippen LogP contribution in [-0.4, -0.2) is 20.5 Å². The lowest BCUT2D eigenvalue weighted by Gasteiger charge is -2.27. The predicted octanol–water partition coefficient (Wildman–Crippen LogP) is 5.48. The minimum absolute atomic E-state index is 0.0604. The lowest BCUT2D eigenvalue weighted by atomic mass is 10.1. The molecule has 0 aliphatic carbocycles. The molecule has 7 heteroatoms. The van der Waals surface area contributed by atoms with Crippen LogP contribution in [0.3, 0.4) is 0 Å². The highest BCUT2D eigenvalue weighted by Crippen LogP contribution is 2.41. The van der Waals surface area contributed by atoms with Gasteiger partial charge in [-0.15, -0.1) is 0 Å². The Morgan fingerprint density at radius 1 is 0.935 bits per heavy atom. The van der Waals surface area contributed by atoms with Crippen LogP contribution in [0.15, 0.2) is 72.8 Å². The van der Waals surface area contributed by atoms with Crippen molar-refractivity contribution in [3.8, 4) is 5.75 Å². The summed E-state index contributed by atoms with van der Waals surface area (Å²) < 4.78 is 32.8. The molecule has 0 N–H and O–H groups in total. The van der Waals surface area contributed by atoms with Crippen molar-refractivity contribution in [2.75, 3.05) is 10.6 Å². The molecule has 0 saturated carbocycles. The minimum Gasteiger partial charge on any atom is -0.487 e. The molecule has 0 spiro atoms. The van der Waals surface area contributed by atoms with E-state index in [1.54, 1.807) is 19.1 Å². The summed E-state index contributed by atoms with van der Waals surface area (Å²) in [6.45, 7) is 2.02. The predicted molar refractivity (Wildman–Crippen MR) is 124 cm³/mol. The number of ether oxygens (including phenoxy) is 1. The molecule has 0 aliphatic heterocycles. The average molecular weight is 458 g/mol. The van der Waals surface area contributed by atoms with E-state index < -0.39 is 10.0 Å². The van der Waals surface area contributed by atoms with Gasteiger partial charge in [0, 0.05) is 12.0 Å². The molecule has 0 heterocycles. The van der Waals surface area contributed by atoms with Gasteiger partial charge in [0.2, 0.25) is 10.0 Å². The number of hydrogen-bond acceptors (Lipinski definition) is 4. The number of rotatable bonds is 9. The quantitative estimate of drug-likeness (QED) is 0.399. The number of anilines is 1. The number of benzene rings is 3. The first-order valence-electron chi connectivity index (χ1n) is 9.85. The van der Waals surface area contributed by atoms with Crippen molar-refractivity contribution in [3.63, 3.8) is 0 Å². The van der Waals surface area contributed by atoms with E-state index in [0.717, 1.165) is 17.4 Å². The van der Waals surface area contributed by atoms with Crippen molar-refractivity contribution < 1.29 is 17.9 Å². The number of carbonyl (C=O) groups excluding carboxylic acids is 1. The molecule has 0 atom stereocenters. The molecule has 5 nitrogen and oxygen atoms in total. The van der Waals surface area contributed by atoms with Gasteiger partial charge in [0.1, 0.15) is 18.0 Å². The van der Waals surface area contributed by atoms with Crippen LogP contribution in [0.1, 0.15) is 34.8 Å². The van der Waals surface area contributed by atoms with Crippen LogP contribution in [0.4, 0.5) is 5.69 Å². The number of halogens is 1. The third-order valence-corrected chi connectivity index (χ3v) is 6.25. The first-order valence-corrected chi connectivity index (χ1v) is 12.1. The van der Waals surface area contributed by atoms with Crippen LogP contribution in [0, 0.1) is 0 Å². The van der Waals surface area contributed by atoms with Gasteiger partial charge < -0.3 is 4.74 Å². The molecule has 162 valence electrons. The summed E-state index contributed by atoms with van der Waals surface area (Å²) in [6.07, 6.45) is 1.36. The van der Waals surface area contributed by atoms with E-state index in [1.807, 2.05) is 60.7 Å². The molecule has 0 amide bonds. The molecule has 0 unspecified atom stereocenters. The fourth-order valence-electron chi connectivity index (χ4n) is 3.15. The van der Waals surface area contributed by atoms with Crippen molar-refractivity contribution >= 4 is 33.1 Å². The molecule has 3 aromatic rings. The van der Waals surface area contributed by atoms with Crippen LogP contribution >= 0.6 is 11.6 Å². The maximum atomic E-state index is 12.8. The molecule has 0 bridgehead atoms. The first kappa shape index (κ1) is 22.8. The standard InChI is InChI=1S/C24H24ClNO4S/c1-3-21(27)20-14-15-22(30-17-19-12-8-5-9-13-19)24(23(20)25)26(31(2,28)29)16-18-10-6-4-7-11-18/h4-15H,3,16-17H2,1-2H3. The second kappa shape index (κ2) is 9.98. The number of hydrogen-bond donors (Lipinski definition) is 0. The Labute approximate surface area is 188 Å². The SMILES string of the molecule is CCC(=O)c1ccc(OCc2ccccc2)c(N(Cc2ccccc2)S(C)(=O)=O)c1Cl. The van der Waals surface area contributed by atoms with Gasteiger partial charge in [-0.2, -0.15) is 0 Å². The van der Waals surface area contributed by atoms with Crippen LogP contribution in [0.2, 0.25) is 5.02 Å². The molecule has 0 radical (unpaired) electrons.